The lowest BCUT2D eigenvalue weighted by Gasteiger charge is -2.03. The van der Waals surface area contributed by atoms with E-state index in [2.05, 4.69) is 15.3 Å². The highest BCUT2D eigenvalue weighted by Crippen LogP contribution is 2.24. The minimum atomic E-state index is -0.691. The van der Waals surface area contributed by atoms with Gasteiger partial charge in [0.1, 0.15) is 6.20 Å². The first-order valence-corrected chi connectivity index (χ1v) is 6.35. The molecular formula is C11H8N4O5S. The quantitative estimate of drug-likeness (QED) is 0.500. The van der Waals surface area contributed by atoms with Crippen molar-refractivity contribution in [2.24, 2.45) is 0 Å². The number of anilines is 1. The first-order chi connectivity index (χ1) is 10.1. The van der Waals surface area contributed by atoms with E-state index in [1.165, 1.54) is 18.5 Å². The molecule has 21 heavy (non-hydrogen) atoms. The molecule has 0 atom stereocenters. The summed E-state index contributed by atoms with van der Waals surface area (Å²) in [4.78, 5) is 40.3. The van der Waals surface area contributed by atoms with Crippen LogP contribution in [-0.4, -0.2) is 33.4 Å². The van der Waals surface area contributed by atoms with Gasteiger partial charge in [0.15, 0.2) is 11.7 Å². The van der Waals surface area contributed by atoms with Crippen LogP contribution in [0.2, 0.25) is 0 Å². The number of aromatic nitrogens is 2. The average Bonchev–Trinajstić information content (AvgIpc) is 2.94. The first-order valence-electron chi connectivity index (χ1n) is 5.53. The number of carbonyl (C=O) groups is 2. The molecule has 0 spiro atoms. The van der Waals surface area contributed by atoms with Crippen LogP contribution in [0, 0.1) is 10.1 Å². The molecule has 2 aromatic heterocycles. The number of thiazole rings is 1. The highest BCUT2D eigenvalue weighted by Gasteiger charge is 2.15. The summed E-state index contributed by atoms with van der Waals surface area (Å²) in [6, 6.07) is 3.06. The van der Waals surface area contributed by atoms with Crippen molar-refractivity contribution < 1.29 is 19.2 Å². The van der Waals surface area contributed by atoms with Crippen LogP contribution in [0.4, 0.5) is 10.1 Å². The molecule has 10 heteroatoms. The Balaban J connectivity index is 1.84. The fourth-order valence-corrected chi connectivity index (χ4v) is 1.91. The van der Waals surface area contributed by atoms with E-state index in [1.54, 1.807) is 6.07 Å². The van der Waals surface area contributed by atoms with Crippen LogP contribution in [0.1, 0.15) is 10.4 Å². The van der Waals surface area contributed by atoms with E-state index in [-0.39, 0.29) is 15.7 Å². The second-order valence-corrected chi connectivity index (χ2v) is 4.64. The van der Waals surface area contributed by atoms with Crippen molar-refractivity contribution in [1.29, 1.82) is 0 Å². The summed E-state index contributed by atoms with van der Waals surface area (Å²) in [5.41, 5.74) is 0.218. The van der Waals surface area contributed by atoms with Gasteiger partial charge in [-0.25, -0.2) is 9.78 Å². The number of ether oxygens (including phenoxy) is 1. The molecule has 108 valence electrons. The molecule has 0 saturated heterocycles. The van der Waals surface area contributed by atoms with Gasteiger partial charge in [-0.2, -0.15) is 0 Å². The van der Waals surface area contributed by atoms with Gasteiger partial charge in [-0.15, -0.1) is 0 Å². The van der Waals surface area contributed by atoms with Crippen LogP contribution in [0.15, 0.2) is 30.7 Å². The van der Waals surface area contributed by atoms with Crippen molar-refractivity contribution in [3.63, 3.8) is 0 Å². The van der Waals surface area contributed by atoms with Gasteiger partial charge in [-0.05, 0) is 23.5 Å². The van der Waals surface area contributed by atoms with E-state index in [1.807, 2.05) is 0 Å². The maximum atomic E-state index is 11.6. The topological polar surface area (TPSA) is 124 Å². The number of amides is 1. The third-order valence-electron chi connectivity index (χ3n) is 2.15. The van der Waals surface area contributed by atoms with Crippen LogP contribution in [0.5, 0.6) is 0 Å². The fraction of sp³-hybridized carbons (Fsp3) is 0.0909. The Hall–Kier alpha value is -2.88. The summed E-state index contributed by atoms with van der Waals surface area (Å²) in [6.07, 6.45) is 3.84. The van der Waals surface area contributed by atoms with E-state index in [4.69, 9.17) is 4.74 Å². The van der Waals surface area contributed by atoms with E-state index in [0.717, 1.165) is 6.20 Å². The predicted molar refractivity (Wildman–Crippen MR) is 71.9 cm³/mol. The Labute approximate surface area is 121 Å². The monoisotopic (exact) mass is 308 g/mol. The van der Waals surface area contributed by atoms with E-state index in [9.17, 15) is 19.7 Å². The summed E-state index contributed by atoms with van der Waals surface area (Å²) in [7, 11) is 0. The summed E-state index contributed by atoms with van der Waals surface area (Å²) < 4.78 is 4.77. The minimum Gasteiger partial charge on any atom is -0.452 e. The lowest BCUT2D eigenvalue weighted by atomic mass is 10.3. The molecule has 0 bridgehead atoms. The second-order valence-electron chi connectivity index (χ2n) is 3.63. The number of pyridine rings is 1. The molecule has 0 aliphatic carbocycles. The molecule has 0 saturated carbocycles. The van der Waals surface area contributed by atoms with Gasteiger partial charge in [-0.1, -0.05) is 0 Å². The van der Waals surface area contributed by atoms with Crippen molar-refractivity contribution in [3.05, 3.63) is 46.4 Å². The second kappa shape index (κ2) is 6.52. The SMILES string of the molecule is O=C(COC(=O)c1cccnc1)Nc1ncc([N+](=O)[O-])s1. The zero-order valence-corrected chi connectivity index (χ0v) is 11.2. The van der Waals surface area contributed by atoms with E-state index >= 15 is 0 Å². The standard InChI is InChI=1S/C11H8N4O5S/c16-8(14-11-13-5-9(21-11)15(18)19)6-20-10(17)7-2-1-3-12-4-7/h1-5H,6H2,(H,13,14,16). The van der Waals surface area contributed by atoms with Crippen molar-refractivity contribution in [3.8, 4) is 0 Å². The molecule has 0 aliphatic heterocycles. The molecule has 0 radical (unpaired) electrons. The molecule has 2 aromatic rings. The lowest BCUT2D eigenvalue weighted by molar-refractivity contribution is -0.380. The van der Waals surface area contributed by atoms with Gasteiger partial charge in [-0.3, -0.25) is 25.2 Å². The van der Waals surface area contributed by atoms with Gasteiger partial charge in [0.05, 0.1) is 10.5 Å². The summed E-state index contributed by atoms with van der Waals surface area (Å²) in [5.74, 6) is -1.33. The Bertz CT molecular complexity index is 672. The number of carbonyl (C=O) groups excluding carboxylic acids is 2. The number of nitro groups is 1. The van der Waals surface area contributed by atoms with Gasteiger partial charge < -0.3 is 4.74 Å². The molecule has 0 aliphatic rings. The molecule has 2 rings (SSSR count). The highest BCUT2D eigenvalue weighted by atomic mass is 32.1. The zero-order valence-electron chi connectivity index (χ0n) is 10.4. The number of nitrogens with one attached hydrogen (secondary N) is 1. The number of hydrogen-bond acceptors (Lipinski definition) is 8. The maximum absolute atomic E-state index is 11.6. The Morgan fingerprint density at radius 1 is 1.43 bits per heavy atom. The maximum Gasteiger partial charge on any atom is 0.345 e. The van der Waals surface area contributed by atoms with Crippen molar-refractivity contribution in [2.45, 2.75) is 0 Å². The zero-order chi connectivity index (χ0) is 15.2. The Kier molecular flexibility index (Phi) is 4.51. The normalized spacial score (nSPS) is 9.90. The fourth-order valence-electron chi connectivity index (χ4n) is 1.26. The number of esters is 1. The number of rotatable bonds is 5. The molecule has 0 unspecified atom stereocenters. The smallest absolute Gasteiger partial charge is 0.345 e. The largest absolute Gasteiger partial charge is 0.452 e. The number of nitrogens with zero attached hydrogens (tertiary/aromatic N) is 3. The van der Waals surface area contributed by atoms with Crippen molar-refractivity contribution in [1.82, 2.24) is 9.97 Å². The summed E-state index contributed by atoms with van der Waals surface area (Å²) in [6.45, 7) is -0.527. The summed E-state index contributed by atoms with van der Waals surface area (Å²) in [5, 5.41) is 12.6. The third kappa shape index (κ3) is 4.04. The predicted octanol–water partition coefficient (Wildman–Crippen LogP) is 1.24. The molecule has 2 heterocycles. The molecule has 1 amide bonds. The van der Waals surface area contributed by atoms with Gasteiger partial charge in [0.25, 0.3) is 5.91 Å². The Morgan fingerprint density at radius 3 is 2.86 bits per heavy atom. The number of hydrogen-bond donors (Lipinski definition) is 1. The molecule has 0 aromatic carbocycles. The lowest BCUT2D eigenvalue weighted by Crippen LogP contribution is -2.20. The molecule has 9 nitrogen and oxygen atoms in total. The van der Waals surface area contributed by atoms with Crippen molar-refractivity contribution >= 4 is 33.3 Å². The van der Waals surface area contributed by atoms with Crippen LogP contribution in [0.3, 0.4) is 0 Å². The van der Waals surface area contributed by atoms with Crippen LogP contribution >= 0.6 is 11.3 Å². The van der Waals surface area contributed by atoms with Crippen LogP contribution in [-0.2, 0) is 9.53 Å². The highest BCUT2D eigenvalue weighted by molar-refractivity contribution is 7.18. The Morgan fingerprint density at radius 2 is 2.24 bits per heavy atom. The van der Waals surface area contributed by atoms with Gasteiger partial charge >= 0.3 is 11.0 Å². The molecular weight excluding hydrogens is 300 g/mol. The minimum absolute atomic E-state index is 0.0594. The van der Waals surface area contributed by atoms with E-state index < -0.39 is 23.4 Å². The van der Waals surface area contributed by atoms with Crippen molar-refractivity contribution in [2.75, 3.05) is 11.9 Å². The summed E-state index contributed by atoms with van der Waals surface area (Å²) >= 11 is 0.707. The van der Waals surface area contributed by atoms with Crippen LogP contribution in [0.25, 0.3) is 0 Å². The van der Waals surface area contributed by atoms with Gasteiger partial charge in [0, 0.05) is 12.4 Å². The third-order valence-corrected chi connectivity index (χ3v) is 3.02. The molecule has 0 fully saturated rings. The van der Waals surface area contributed by atoms with Crippen LogP contribution < -0.4 is 5.32 Å². The van der Waals surface area contributed by atoms with E-state index in [0.29, 0.717) is 11.3 Å². The first kappa shape index (κ1) is 14.5. The molecule has 1 N–H and O–H groups in total. The average molecular weight is 308 g/mol. The van der Waals surface area contributed by atoms with Gasteiger partial charge in [0.2, 0.25) is 0 Å².